The van der Waals surface area contributed by atoms with Crippen molar-refractivity contribution in [3.63, 3.8) is 0 Å². The van der Waals surface area contributed by atoms with Crippen molar-refractivity contribution in [3.05, 3.63) is 12.2 Å². The first-order chi connectivity index (χ1) is 6.47. The van der Waals surface area contributed by atoms with Crippen LogP contribution < -0.4 is 0 Å². The quantitative estimate of drug-likeness (QED) is 0.383. The molecule has 0 aromatic heterocycles. The summed E-state index contributed by atoms with van der Waals surface area (Å²) in [6.45, 7) is 7.16. The van der Waals surface area contributed by atoms with E-state index in [1.807, 2.05) is 6.92 Å². The minimum Gasteiger partial charge on any atom is -0.468 e. The molecule has 1 rings (SSSR count). The Morgan fingerprint density at radius 3 is 2.43 bits per heavy atom. The fraction of sp³-hybridized carbons (Fsp3) is 0.636. The van der Waals surface area contributed by atoms with Gasteiger partial charge in [-0.3, -0.25) is 9.59 Å². The second kappa shape index (κ2) is 3.56. The van der Waals surface area contributed by atoms with Gasteiger partial charge >= 0.3 is 5.97 Å². The number of methoxy groups -OCH3 is 1. The van der Waals surface area contributed by atoms with Gasteiger partial charge in [-0.25, -0.2) is 0 Å². The van der Waals surface area contributed by atoms with Crippen molar-refractivity contribution in [3.8, 4) is 0 Å². The molecule has 0 N–H and O–H groups in total. The molecule has 0 heterocycles. The zero-order valence-corrected chi connectivity index (χ0v) is 8.92. The number of hydrogen-bond donors (Lipinski definition) is 0. The van der Waals surface area contributed by atoms with Crippen LogP contribution in [0.5, 0.6) is 0 Å². The van der Waals surface area contributed by atoms with Gasteiger partial charge in [0.25, 0.3) is 0 Å². The highest BCUT2D eigenvalue weighted by Gasteiger charge is 2.54. The number of esters is 1. The smallest absolute Gasteiger partial charge is 0.323 e. The average Bonchev–Trinajstić information content (AvgIpc) is 2.42. The van der Waals surface area contributed by atoms with Crippen molar-refractivity contribution < 1.29 is 14.3 Å². The molecule has 1 fully saturated rings. The molecule has 0 spiro atoms. The third kappa shape index (κ3) is 1.19. The summed E-state index contributed by atoms with van der Waals surface area (Å²) < 4.78 is 4.72. The largest absolute Gasteiger partial charge is 0.468 e. The molecule has 0 aliphatic heterocycles. The molecule has 14 heavy (non-hydrogen) atoms. The third-order valence-corrected chi connectivity index (χ3v) is 3.24. The van der Waals surface area contributed by atoms with Gasteiger partial charge in [0.05, 0.1) is 7.11 Å². The van der Waals surface area contributed by atoms with E-state index in [0.717, 1.165) is 12.8 Å². The normalized spacial score (nSPS) is 31.6. The van der Waals surface area contributed by atoms with E-state index in [1.54, 1.807) is 0 Å². The van der Waals surface area contributed by atoms with E-state index in [1.165, 1.54) is 14.0 Å². The van der Waals surface area contributed by atoms with E-state index in [9.17, 15) is 9.59 Å². The average molecular weight is 196 g/mol. The molecule has 1 aliphatic carbocycles. The summed E-state index contributed by atoms with van der Waals surface area (Å²) in [6, 6.07) is 0. The molecule has 1 aliphatic rings. The van der Waals surface area contributed by atoms with Crippen LogP contribution in [0, 0.1) is 11.3 Å². The van der Waals surface area contributed by atoms with E-state index in [-0.39, 0.29) is 11.7 Å². The Labute approximate surface area is 84.1 Å². The zero-order chi connectivity index (χ0) is 10.9. The molecular weight excluding hydrogens is 180 g/mol. The van der Waals surface area contributed by atoms with Gasteiger partial charge in [-0.2, -0.15) is 0 Å². The van der Waals surface area contributed by atoms with Crippen molar-refractivity contribution in [2.24, 2.45) is 11.3 Å². The number of hydrogen-bond acceptors (Lipinski definition) is 3. The Morgan fingerprint density at radius 1 is 1.57 bits per heavy atom. The van der Waals surface area contributed by atoms with Crippen LogP contribution in [-0.4, -0.2) is 18.9 Å². The highest BCUT2D eigenvalue weighted by molar-refractivity contribution is 6.06. The molecule has 3 heteroatoms. The molecule has 0 amide bonds. The summed E-state index contributed by atoms with van der Waals surface area (Å²) in [7, 11) is 1.31. The van der Waals surface area contributed by atoms with Gasteiger partial charge in [0.15, 0.2) is 5.78 Å². The minimum absolute atomic E-state index is 0.0000463. The summed E-state index contributed by atoms with van der Waals surface area (Å²) in [5.41, 5.74) is -0.376. The van der Waals surface area contributed by atoms with Gasteiger partial charge in [0, 0.05) is 0 Å². The number of ketones is 1. The molecule has 0 bridgehead atoms. The van der Waals surface area contributed by atoms with Crippen LogP contribution >= 0.6 is 0 Å². The van der Waals surface area contributed by atoms with Crippen molar-refractivity contribution in [1.82, 2.24) is 0 Å². The molecule has 2 atom stereocenters. The minimum atomic E-state index is -1.07. The first-order valence-corrected chi connectivity index (χ1v) is 4.75. The van der Waals surface area contributed by atoms with Gasteiger partial charge in [-0.05, 0) is 25.7 Å². The molecule has 0 saturated heterocycles. The topological polar surface area (TPSA) is 43.4 Å². The lowest BCUT2D eigenvalue weighted by Crippen LogP contribution is -2.42. The number of Topliss-reactive ketones (excluding diaryl/α,β-unsaturated/α-hetero) is 1. The summed E-state index contributed by atoms with van der Waals surface area (Å²) in [5.74, 6) is -0.612. The molecule has 0 unspecified atom stereocenters. The maximum Gasteiger partial charge on any atom is 0.323 e. The molecule has 1 saturated carbocycles. The monoisotopic (exact) mass is 196 g/mol. The Morgan fingerprint density at radius 2 is 2.14 bits per heavy atom. The highest BCUT2D eigenvalue weighted by atomic mass is 16.5. The zero-order valence-electron chi connectivity index (χ0n) is 8.92. The first kappa shape index (κ1) is 11.0. The Kier molecular flexibility index (Phi) is 2.79. The Bertz CT molecular complexity index is 293. The standard InChI is InChI=1S/C11H16O3/c1-7-5-6-8(2)11(7,9(3)12)10(13)14-4/h8H,1,5-6H2,2-4H3/t8-,11+/m1/s1. The summed E-state index contributed by atoms with van der Waals surface area (Å²) in [6.07, 6.45) is 1.56. The van der Waals surface area contributed by atoms with E-state index < -0.39 is 11.4 Å². The molecule has 78 valence electrons. The second-order valence-electron chi connectivity index (χ2n) is 3.90. The molecular formula is C11H16O3. The van der Waals surface area contributed by atoms with Gasteiger partial charge in [-0.1, -0.05) is 19.1 Å². The predicted molar refractivity (Wildman–Crippen MR) is 52.7 cm³/mol. The third-order valence-electron chi connectivity index (χ3n) is 3.24. The number of carbonyl (C=O) groups is 2. The maximum atomic E-state index is 11.7. The van der Waals surface area contributed by atoms with Crippen molar-refractivity contribution >= 4 is 11.8 Å². The highest BCUT2D eigenvalue weighted by Crippen LogP contribution is 2.48. The number of ether oxygens (including phenoxy) is 1. The van der Waals surface area contributed by atoms with Crippen molar-refractivity contribution in [2.45, 2.75) is 26.7 Å². The Balaban J connectivity index is 3.21. The van der Waals surface area contributed by atoms with Gasteiger partial charge in [-0.15, -0.1) is 0 Å². The van der Waals surface area contributed by atoms with Crippen LogP contribution in [0.2, 0.25) is 0 Å². The van der Waals surface area contributed by atoms with Crippen molar-refractivity contribution in [1.29, 1.82) is 0 Å². The summed E-state index contributed by atoms with van der Waals surface area (Å²) in [4.78, 5) is 23.3. The lowest BCUT2D eigenvalue weighted by molar-refractivity contribution is -0.156. The van der Waals surface area contributed by atoms with Crippen molar-refractivity contribution in [2.75, 3.05) is 7.11 Å². The fourth-order valence-corrected chi connectivity index (χ4v) is 2.40. The number of carbonyl (C=O) groups excluding carboxylic acids is 2. The lowest BCUT2D eigenvalue weighted by atomic mass is 9.73. The van der Waals surface area contributed by atoms with E-state index >= 15 is 0 Å². The van der Waals surface area contributed by atoms with Gasteiger partial charge in [0.1, 0.15) is 5.41 Å². The van der Waals surface area contributed by atoms with E-state index in [2.05, 4.69) is 6.58 Å². The molecule has 3 nitrogen and oxygen atoms in total. The summed E-state index contributed by atoms with van der Waals surface area (Å²) >= 11 is 0. The Hall–Kier alpha value is -1.12. The van der Waals surface area contributed by atoms with E-state index in [4.69, 9.17) is 4.74 Å². The maximum absolute atomic E-state index is 11.7. The second-order valence-corrected chi connectivity index (χ2v) is 3.90. The fourth-order valence-electron chi connectivity index (χ4n) is 2.40. The SMILES string of the molecule is C=C1CC[C@@H](C)[C@@]1(C(C)=O)C(=O)OC. The molecule has 0 radical (unpaired) electrons. The van der Waals surface area contributed by atoms with Crippen LogP contribution in [0.1, 0.15) is 26.7 Å². The van der Waals surface area contributed by atoms with E-state index in [0.29, 0.717) is 5.57 Å². The lowest BCUT2D eigenvalue weighted by Gasteiger charge is -2.28. The predicted octanol–water partition coefficient (Wildman–Crippen LogP) is 1.72. The van der Waals surface area contributed by atoms with Crippen LogP contribution in [0.4, 0.5) is 0 Å². The van der Waals surface area contributed by atoms with Gasteiger partial charge < -0.3 is 4.74 Å². The van der Waals surface area contributed by atoms with Crippen LogP contribution in [0.25, 0.3) is 0 Å². The summed E-state index contributed by atoms with van der Waals surface area (Å²) in [5, 5.41) is 0. The molecule has 0 aromatic carbocycles. The van der Waals surface area contributed by atoms with Gasteiger partial charge in [0.2, 0.25) is 0 Å². The van der Waals surface area contributed by atoms with Crippen LogP contribution in [-0.2, 0) is 14.3 Å². The van der Waals surface area contributed by atoms with Crippen LogP contribution in [0.3, 0.4) is 0 Å². The first-order valence-electron chi connectivity index (χ1n) is 4.75. The number of rotatable bonds is 2. The van der Waals surface area contributed by atoms with Crippen LogP contribution in [0.15, 0.2) is 12.2 Å². The molecule has 0 aromatic rings.